The molecule has 2 aromatic rings. The number of hydrogen-bond donors (Lipinski definition) is 1. The van der Waals surface area contributed by atoms with E-state index in [0.29, 0.717) is 18.2 Å². The molecule has 0 fully saturated rings. The highest BCUT2D eigenvalue weighted by Crippen LogP contribution is 2.17. The number of hydrogen-bond acceptors (Lipinski definition) is 2. The SMILES string of the molecule is CC(C)C(Br)CNC(=O)c1nn(C)c2ccccc12. The Morgan fingerprint density at radius 3 is 2.79 bits per heavy atom. The van der Waals surface area contributed by atoms with Crippen LogP contribution in [0.5, 0.6) is 0 Å². The van der Waals surface area contributed by atoms with Crippen molar-refractivity contribution in [3.63, 3.8) is 0 Å². The van der Waals surface area contributed by atoms with E-state index in [4.69, 9.17) is 0 Å². The topological polar surface area (TPSA) is 46.9 Å². The van der Waals surface area contributed by atoms with Crippen LogP contribution in [0.15, 0.2) is 24.3 Å². The normalized spacial score (nSPS) is 12.9. The fourth-order valence-corrected chi connectivity index (χ4v) is 2.05. The molecular formula is C14H18BrN3O. The highest BCUT2D eigenvalue weighted by Gasteiger charge is 2.17. The lowest BCUT2D eigenvalue weighted by Crippen LogP contribution is -2.32. The van der Waals surface area contributed by atoms with Crippen LogP contribution in [0, 0.1) is 5.92 Å². The van der Waals surface area contributed by atoms with Crippen LogP contribution in [0.25, 0.3) is 10.9 Å². The van der Waals surface area contributed by atoms with Crippen molar-refractivity contribution in [2.24, 2.45) is 13.0 Å². The average Bonchev–Trinajstić information content (AvgIpc) is 2.73. The molecule has 2 rings (SSSR count). The summed E-state index contributed by atoms with van der Waals surface area (Å²) in [6.07, 6.45) is 0. The second-order valence-electron chi connectivity index (χ2n) is 4.96. The Bertz CT molecular complexity index is 591. The zero-order valence-electron chi connectivity index (χ0n) is 11.4. The predicted octanol–water partition coefficient (Wildman–Crippen LogP) is 2.72. The lowest BCUT2D eigenvalue weighted by molar-refractivity contribution is 0.0948. The molecule has 5 heteroatoms. The molecule has 1 heterocycles. The number of carbonyl (C=O) groups is 1. The van der Waals surface area contributed by atoms with E-state index in [-0.39, 0.29) is 10.7 Å². The van der Waals surface area contributed by atoms with Gasteiger partial charge in [0, 0.05) is 23.8 Å². The van der Waals surface area contributed by atoms with Gasteiger partial charge in [0.25, 0.3) is 5.91 Å². The van der Waals surface area contributed by atoms with Crippen LogP contribution in [0.2, 0.25) is 0 Å². The van der Waals surface area contributed by atoms with Gasteiger partial charge in [-0.05, 0) is 12.0 Å². The molecule has 1 N–H and O–H groups in total. The fourth-order valence-electron chi connectivity index (χ4n) is 1.89. The first-order chi connectivity index (χ1) is 9.00. The minimum atomic E-state index is -0.123. The lowest BCUT2D eigenvalue weighted by atomic mass is 10.1. The second-order valence-corrected chi connectivity index (χ2v) is 6.14. The third-order valence-electron chi connectivity index (χ3n) is 3.15. The van der Waals surface area contributed by atoms with Gasteiger partial charge in [0.05, 0.1) is 5.52 Å². The summed E-state index contributed by atoms with van der Waals surface area (Å²) in [5, 5.41) is 8.11. The first-order valence-corrected chi connectivity index (χ1v) is 7.26. The van der Waals surface area contributed by atoms with Crippen LogP contribution in [-0.4, -0.2) is 27.1 Å². The first-order valence-electron chi connectivity index (χ1n) is 6.34. The molecule has 1 aromatic carbocycles. The zero-order valence-corrected chi connectivity index (χ0v) is 12.9. The number of aryl methyl sites for hydroxylation is 1. The molecule has 0 aliphatic rings. The summed E-state index contributed by atoms with van der Waals surface area (Å²) in [4.78, 5) is 12.5. The minimum Gasteiger partial charge on any atom is -0.349 e. The molecule has 0 radical (unpaired) electrons. The van der Waals surface area contributed by atoms with E-state index in [1.54, 1.807) is 4.68 Å². The van der Waals surface area contributed by atoms with Gasteiger partial charge in [-0.25, -0.2) is 0 Å². The van der Waals surface area contributed by atoms with Gasteiger partial charge in [-0.1, -0.05) is 48.0 Å². The van der Waals surface area contributed by atoms with Crippen LogP contribution < -0.4 is 5.32 Å². The van der Waals surface area contributed by atoms with Gasteiger partial charge in [0.2, 0.25) is 0 Å². The van der Waals surface area contributed by atoms with Crippen molar-refractivity contribution >= 4 is 32.7 Å². The van der Waals surface area contributed by atoms with Crippen LogP contribution >= 0.6 is 15.9 Å². The number of para-hydroxylation sites is 1. The molecule has 0 bridgehead atoms. The van der Waals surface area contributed by atoms with E-state index >= 15 is 0 Å². The largest absolute Gasteiger partial charge is 0.349 e. The molecule has 4 nitrogen and oxygen atoms in total. The second kappa shape index (κ2) is 5.74. The van der Waals surface area contributed by atoms with Crippen molar-refractivity contribution in [1.82, 2.24) is 15.1 Å². The van der Waals surface area contributed by atoms with Gasteiger partial charge in [0.1, 0.15) is 0 Å². The molecule has 1 aromatic heterocycles. The number of benzene rings is 1. The summed E-state index contributed by atoms with van der Waals surface area (Å²) < 4.78 is 1.73. The number of halogens is 1. The van der Waals surface area contributed by atoms with E-state index in [2.05, 4.69) is 40.2 Å². The summed E-state index contributed by atoms with van der Waals surface area (Å²) in [7, 11) is 1.85. The Morgan fingerprint density at radius 2 is 2.11 bits per heavy atom. The lowest BCUT2D eigenvalue weighted by Gasteiger charge is -2.13. The molecule has 1 unspecified atom stereocenters. The summed E-state index contributed by atoms with van der Waals surface area (Å²) in [5.41, 5.74) is 1.45. The molecule has 0 saturated carbocycles. The number of aromatic nitrogens is 2. The molecule has 1 amide bonds. The number of alkyl halides is 1. The Kier molecular flexibility index (Phi) is 4.24. The predicted molar refractivity (Wildman–Crippen MR) is 80.6 cm³/mol. The number of nitrogens with zero attached hydrogens (tertiary/aromatic N) is 2. The van der Waals surface area contributed by atoms with Crippen molar-refractivity contribution < 1.29 is 4.79 Å². The Morgan fingerprint density at radius 1 is 1.42 bits per heavy atom. The standard InChI is InChI=1S/C14H18BrN3O/c1-9(2)11(15)8-16-14(19)13-10-6-4-5-7-12(10)18(3)17-13/h4-7,9,11H,8H2,1-3H3,(H,16,19). The monoisotopic (exact) mass is 323 g/mol. The number of rotatable bonds is 4. The van der Waals surface area contributed by atoms with Crippen molar-refractivity contribution in [3.8, 4) is 0 Å². The van der Waals surface area contributed by atoms with Gasteiger partial charge in [0.15, 0.2) is 5.69 Å². The maximum atomic E-state index is 12.2. The average molecular weight is 324 g/mol. The van der Waals surface area contributed by atoms with Gasteiger partial charge in [-0.3, -0.25) is 9.48 Å². The fraction of sp³-hybridized carbons (Fsp3) is 0.429. The van der Waals surface area contributed by atoms with E-state index in [1.807, 2.05) is 31.3 Å². The third-order valence-corrected chi connectivity index (χ3v) is 4.53. The number of carbonyl (C=O) groups excluding carboxylic acids is 1. The van der Waals surface area contributed by atoms with Gasteiger partial charge < -0.3 is 5.32 Å². The third kappa shape index (κ3) is 2.97. The quantitative estimate of drug-likeness (QED) is 0.879. The first kappa shape index (κ1) is 14.1. The highest BCUT2D eigenvalue weighted by atomic mass is 79.9. The van der Waals surface area contributed by atoms with Crippen molar-refractivity contribution in [1.29, 1.82) is 0 Å². The van der Waals surface area contributed by atoms with Gasteiger partial charge >= 0.3 is 0 Å². The van der Waals surface area contributed by atoms with Crippen LogP contribution in [0.1, 0.15) is 24.3 Å². The molecule has 1 atom stereocenters. The van der Waals surface area contributed by atoms with E-state index in [9.17, 15) is 4.79 Å². The zero-order chi connectivity index (χ0) is 14.0. The maximum absolute atomic E-state index is 12.2. The van der Waals surface area contributed by atoms with E-state index in [1.165, 1.54) is 0 Å². The summed E-state index contributed by atoms with van der Waals surface area (Å²) in [6, 6.07) is 7.74. The number of fused-ring (bicyclic) bond motifs is 1. The Hall–Kier alpha value is -1.36. The molecule has 0 aliphatic heterocycles. The molecular weight excluding hydrogens is 306 g/mol. The van der Waals surface area contributed by atoms with Gasteiger partial charge in [-0.2, -0.15) is 5.10 Å². The Balaban J connectivity index is 2.18. The van der Waals surface area contributed by atoms with E-state index < -0.39 is 0 Å². The maximum Gasteiger partial charge on any atom is 0.272 e. The number of nitrogens with one attached hydrogen (secondary N) is 1. The van der Waals surface area contributed by atoms with E-state index in [0.717, 1.165) is 10.9 Å². The smallest absolute Gasteiger partial charge is 0.272 e. The molecule has 0 spiro atoms. The van der Waals surface area contributed by atoms with Crippen LogP contribution in [0.4, 0.5) is 0 Å². The number of amides is 1. The molecule has 0 saturated heterocycles. The molecule has 0 aliphatic carbocycles. The van der Waals surface area contributed by atoms with Crippen molar-refractivity contribution in [2.45, 2.75) is 18.7 Å². The minimum absolute atomic E-state index is 0.123. The van der Waals surface area contributed by atoms with Crippen molar-refractivity contribution in [2.75, 3.05) is 6.54 Å². The van der Waals surface area contributed by atoms with Crippen LogP contribution in [-0.2, 0) is 7.05 Å². The van der Waals surface area contributed by atoms with Crippen LogP contribution in [0.3, 0.4) is 0 Å². The Labute approximate surface area is 121 Å². The summed E-state index contributed by atoms with van der Waals surface area (Å²) in [5.74, 6) is 0.350. The molecule has 102 valence electrons. The van der Waals surface area contributed by atoms with Crippen molar-refractivity contribution in [3.05, 3.63) is 30.0 Å². The highest BCUT2D eigenvalue weighted by molar-refractivity contribution is 9.09. The summed E-state index contributed by atoms with van der Waals surface area (Å²) >= 11 is 3.56. The summed E-state index contributed by atoms with van der Waals surface area (Å²) in [6.45, 7) is 4.82. The van der Waals surface area contributed by atoms with Gasteiger partial charge in [-0.15, -0.1) is 0 Å². The molecule has 19 heavy (non-hydrogen) atoms.